The number of hydrogen-bond acceptors (Lipinski definition) is 3. The lowest BCUT2D eigenvalue weighted by Gasteiger charge is -2.08. The lowest BCUT2D eigenvalue weighted by molar-refractivity contribution is -0.119. The Morgan fingerprint density at radius 3 is 2.53 bits per heavy atom. The second-order valence-electron chi connectivity index (χ2n) is 3.21. The van der Waals surface area contributed by atoms with E-state index in [0.29, 0.717) is 12.2 Å². The number of halogens is 2. The highest BCUT2D eigenvalue weighted by Crippen LogP contribution is 2.17. The Morgan fingerprint density at radius 1 is 1.35 bits per heavy atom. The predicted octanol–water partition coefficient (Wildman–Crippen LogP) is 1.84. The standard InChI is InChI=1S/C11H14F2N2O2/c1-2-14-10(16)7-15-8-3-5-9(6-4-8)17-11(12)13/h3-6,11,15H,2,7H2,1H3,(H,14,16). The molecule has 0 fully saturated rings. The molecule has 0 aliphatic rings. The van der Waals surface area contributed by atoms with Gasteiger partial charge in [-0.15, -0.1) is 0 Å². The first kappa shape index (κ1) is 13.2. The van der Waals surface area contributed by atoms with E-state index in [0.717, 1.165) is 0 Å². The molecule has 1 aromatic rings. The zero-order valence-corrected chi connectivity index (χ0v) is 9.37. The van der Waals surface area contributed by atoms with E-state index in [1.54, 1.807) is 12.1 Å². The van der Waals surface area contributed by atoms with Crippen molar-refractivity contribution < 1.29 is 18.3 Å². The first-order valence-electron chi connectivity index (χ1n) is 5.17. The minimum absolute atomic E-state index is 0.0866. The van der Waals surface area contributed by atoms with E-state index < -0.39 is 6.61 Å². The highest BCUT2D eigenvalue weighted by molar-refractivity contribution is 5.80. The molecule has 0 aliphatic heterocycles. The lowest BCUT2D eigenvalue weighted by atomic mass is 10.3. The normalized spacial score (nSPS) is 10.1. The van der Waals surface area contributed by atoms with E-state index in [4.69, 9.17) is 0 Å². The Morgan fingerprint density at radius 2 is 2.00 bits per heavy atom. The quantitative estimate of drug-likeness (QED) is 0.802. The van der Waals surface area contributed by atoms with Gasteiger partial charge in [-0.2, -0.15) is 8.78 Å². The Hall–Kier alpha value is -1.85. The zero-order valence-electron chi connectivity index (χ0n) is 9.37. The number of rotatable bonds is 6. The molecule has 4 nitrogen and oxygen atoms in total. The van der Waals surface area contributed by atoms with Crippen LogP contribution in [0, 0.1) is 0 Å². The third kappa shape index (κ3) is 5.14. The summed E-state index contributed by atoms with van der Waals surface area (Å²) in [7, 11) is 0. The van der Waals surface area contributed by atoms with Gasteiger partial charge in [0.1, 0.15) is 5.75 Å². The van der Waals surface area contributed by atoms with Crippen LogP contribution in [0.2, 0.25) is 0 Å². The number of carbonyl (C=O) groups excluding carboxylic acids is 1. The van der Waals surface area contributed by atoms with Crippen LogP contribution < -0.4 is 15.4 Å². The molecule has 1 amide bonds. The van der Waals surface area contributed by atoms with Gasteiger partial charge < -0.3 is 15.4 Å². The highest BCUT2D eigenvalue weighted by atomic mass is 19.3. The topological polar surface area (TPSA) is 50.4 Å². The van der Waals surface area contributed by atoms with Gasteiger partial charge in [0.25, 0.3) is 0 Å². The molecule has 17 heavy (non-hydrogen) atoms. The molecular weight excluding hydrogens is 230 g/mol. The Labute approximate surface area is 98.0 Å². The molecule has 0 bridgehead atoms. The summed E-state index contributed by atoms with van der Waals surface area (Å²) in [4.78, 5) is 11.1. The van der Waals surface area contributed by atoms with Crippen molar-refractivity contribution in [2.75, 3.05) is 18.4 Å². The number of nitrogens with one attached hydrogen (secondary N) is 2. The summed E-state index contributed by atoms with van der Waals surface area (Å²) in [6, 6.07) is 5.95. The molecule has 0 saturated carbocycles. The van der Waals surface area contributed by atoms with E-state index >= 15 is 0 Å². The van der Waals surface area contributed by atoms with Crippen LogP contribution >= 0.6 is 0 Å². The van der Waals surface area contributed by atoms with E-state index in [2.05, 4.69) is 15.4 Å². The summed E-state index contributed by atoms with van der Waals surface area (Å²) in [5.41, 5.74) is 0.665. The van der Waals surface area contributed by atoms with E-state index in [-0.39, 0.29) is 18.2 Å². The van der Waals surface area contributed by atoms with Crippen LogP contribution in [0.5, 0.6) is 5.75 Å². The number of alkyl halides is 2. The van der Waals surface area contributed by atoms with Gasteiger partial charge in [0.15, 0.2) is 0 Å². The molecule has 0 heterocycles. The van der Waals surface area contributed by atoms with Crippen LogP contribution in [0.1, 0.15) is 6.92 Å². The van der Waals surface area contributed by atoms with Crippen LogP contribution in [-0.2, 0) is 4.79 Å². The highest BCUT2D eigenvalue weighted by Gasteiger charge is 2.04. The maximum atomic E-state index is 11.9. The first-order valence-corrected chi connectivity index (χ1v) is 5.17. The minimum Gasteiger partial charge on any atom is -0.435 e. The van der Waals surface area contributed by atoms with Gasteiger partial charge in [-0.1, -0.05) is 0 Å². The van der Waals surface area contributed by atoms with Gasteiger partial charge in [-0.25, -0.2) is 0 Å². The van der Waals surface area contributed by atoms with Crippen molar-refractivity contribution in [1.29, 1.82) is 0 Å². The lowest BCUT2D eigenvalue weighted by Crippen LogP contribution is -2.29. The summed E-state index contributed by atoms with van der Waals surface area (Å²) in [5, 5.41) is 5.48. The molecule has 0 atom stereocenters. The fraction of sp³-hybridized carbons (Fsp3) is 0.364. The van der Waals surface area contributed by atoms with Gasteiger partial charge in [0.05, 0.1) is 6.54 Å². The van der Waals surface area contributed by atoms with Crippen LogP contribution in [0.4, 0.5) is 14.5 Å². The van der Waals surface area contributed by atoms with Crippen molar-refractivity contribution in [3.8, 4) is 5.75 Å². The second-order valence-corrected chi connectivity index (χ2v) is 3.21. The van der Waals surface area contributed by atoms with Crippen molar-refractivity contribution in [3.63, 3.8) is 0 Å². The minimum atomic E-state index is -2.83. The number of amides is 1. The number of likely N-dealkylation sites (N-methyl/N-ethyl adjacent to an activating group) is 1. The van der Waals surface area contributed by atoms with Crippen molar-refractivity contribution in [2.24, 2.45) is 0 Å². The van der Waals surface area contributed by atoms with E-state index in [1.807, 2.05) is 6.92 Å². The molecule has 1 aromatic carbocycles. The molecule has 0 aliphatic carbocycles. The van der Waals surface area contributed by atoms with Gasteiger partial charge in [0, 0.05) is 12.2 Å². The van der Waals surface area contributed by atoms with Crippen LogP contribution in [0.15, 0.2) is 24.3 Å². The average molecular weight is 244 g/mol. The second kappa shape index (κ2) is 6.67. The van der Waals surface area contributed by atoms with Crippen LogP contribution in [-0.4, -0.2) is 25.6 Å². The number of anilines is 1. The van der Waals surface area contributed by atoms with E-state index in [9.17, 15) is 13.6 Å². The fourth-order valence-electron chi connectivity index (χ4n) is 1.20. The summed E-state index contributed by atoms with van der Waals surface area (Å²) < 4.78 is 27.9. The Balaban J connectivity index is 2.42. The van der Waals surface area contributed by atoms with Crippen molar-refractivity contribution in [3.05, 3.63) is 24.3 Å². The van der Waals surface area contributed by atoms with Crippen LogP contribution in [0.25, 0.3) is 0 Å². The SMILES string of the molecule is CCNC(=O)CNc1ccc(OC(F)F)cc1. The fourth-order valence-corrected chi connectivity index (χ4v) is 1.20. The number of benzene rings is 1. The number of ether oxygens (including phenoxy) is 1. The molecule has 0 saturated heterocycles. The molecule has 1 rings (SSSR count). The predicted molar refractivity (Wildman–Crippen MR) is 60.2 cm³/mol. The largest absolute Gasteiger partial charge is 0.435 e. The molecule has 0 radical (unpaired) electrons. The monoisotopic (exact) mass is 244 g/mol. The molecule has 0 unspecified atom stereocenters. The van der Waals surface area contributed by atoms with Gasteiger partial charge in [-0.3, -0.25) is 4.79 Å². The van der Waals surface area contributed by atoms with Gasteiger partial charge in [-0.05, 0) is 31.2 Å². The Kier molecular flexibility index (Phi) is 5.19. The molecule has 0 spiro atoms. The Bertz CT molecular complexity index is 355. The maximum Gasteiger partial charge on any atom is 0.387 e. The van der Waals surface area contributed by atoms with Crippen molar-refractivity contribution in [2.45, 2.75) is 13.5 Å². The molecule has 6 heteroatoms. The van der Waals surface area contributed by atoms with Gasteiger partial charge in [0.2, 0.25) is 5.91 Å². The zero-order chi connectivity index (χ0) is 12.7. The van der Waals surface area contributed by atoms with Crippen molar-refractivity contribution in [1.82, 2.24) is 5.32 Å². The van der Waals surface area contributed by atoms with E-state index in [1.165, 1.54) is 12.1 Å². The average Bonchev–Trinajstić information content (AvgIpc) is 2.28. The van der Waals surface area contributed by atoms with Crippen LogP contribution in [0.3, 0.4) is 0 Å². The smallest absolute Gasteiger partial charge is 0.387 e. The van der Waals surface area contributed by atoms with Gasteiger partial charge >= 0.3 is 6.61 Å². The molecular formula is C11H14F2N2O2. The number of hydrogen-bond donors (Lipinski definition) is 2. The summed E-state index contributed by atoms with van der Waals surface area (Å²) >= 11 is 0. The molecule has 2 N–H and O–H groups in total. The third-order valence-electron chi connectivity index (χ3n) is 1.91. The summed E-state index contributed by atoms with van der Waals surface area (Å²) in [6.45, 7) is -0.289. The summed E-state index contributed by atoms with van der Waals surface area (Å²) in [6.07, 6.45) is 0. The third-order valence-corrected chi connectivity index (χ3v) is 1.91. The molecule has 94 valence electrons. The molecule has 0 aromatic heterocycles. The number of carbonyl (C=O) groups is 1. The summed E-state index contributed by atoms with van der Waals surface area (Å²) in [5.74, 6) is -0.0380. The first-order chi connectivity index (χ1) is 8.11. The maximum absolute atomic E-state index is 11.9. The van der Waals surface area contributed by atoms with Crippen molar-refractivity contribution >= 4 is 11.6 Å².